The Balaban J connectivity index is 1.75. The van der Waals surface area contributed by atoms with E-state index in [4.69, 9.17) is 0 Å². The standard InChI is InChI=1S/C20H27FN4O/c1-4-19-18(13-22-25(19)17-7-5-16(21)6-8-17)20(26)24-11-9-23(10-12-24)14-15(2)3/h5-8,13,15H,4,9-12,14H2,1-3H3. The number of benzene rings is 1. The molecule has 0 aliphatic carbocycles. The summed E-state index contributed by atoms with van der Waals surface area (Å²) in [5.41, 5.74) is 2.28. The van der Waals surface area contributed by atoms with E-state index in [9.17, 15) is 9.18 Å². The van der Waals surface area contributed by atoms with Crippen molar-refractivity contribution in [2.24, 2.45) is 5.92 Å². The van der Waals surface area contributed by atoms with E-state index in [1.165, 1.54) is 12.1 Å². The lowest BCUT2D eigenvalue weighted by atomic mass is 10.1. The van der Waals surface area contributed by atoms with Crippen molar-refractivity contribution in [3.63, 3.8) is 0 Å². The monoisotopic (exact) mass is 358 g/mol. The van der Waals surface area contributed by atoms with Crippen molar-refractivity contribution in [1.29, 1.82) is 0 Å². The molecule has 1 fully saturated rings. The second-order valence-electron chi connectivity index (χ2n) is 7.23. The lowest BCUT2D eigenvalue weighted by Crippen LogP contribution is -2.49. The van der Waals surface area contributed by atoms with Crippen LogP contribution < -0.4 is 0 Å². The maximum Gasteiger partial charge on any atom is 0.257 e. The normalized spacial score (nSPS) is 15.7. The van der Waals surface area contributed by atoms with Crippen molar-refractivity contribution < 1.29 is 9.18 Å². The number of carbonyl (C=O) groups is 1. The summed E-state index contributed by atoms with van der Waals surface area (Å²) in [6.45, 7) is 10.8. The van der Waals surface area contributed by atoms with E-state index >= 15 is 0 Å². The zero-order chi connectivity index (χ0) is 18.7. The minimum atomic E-state index is -0.283. The van der Waals surface area contributed by atoms with Crippen molar-refractivity contribution in [3.8, 4) is 5.69 Å². The number of piperazine rings is 1. The Morgan fingerprint density at radius 1 is 1.15 bits per heavy atom. The minimum absolute atomic E-state index is 0.0411. The fourth-order valence-electron chi connectivity index (χ4n) is 3.52. The number of aromatic nitrogens is 2. The number of nitrogens with zero attached hydrogens (tertiary/aromatic N) is 4. The third-order valence-corrected chi connectivity index (χ3v) is 4.79. The quantitative estimate of drug-likeness (QED) is 0.825. The molecular formula is C20H27FN4O. The van der Waals surface area contributed by atoms with Crippen molar-refractivity contribution in [2.45, 2.75) is 27.2 Å². The maximum absolute atomic E-state index is 13.2. The van der Waals surface area contributed by atoms with Crippen LogP contribution in [-0.4, -0.2) is 58.2 Å². The fraction of sp³-hybridized carbons (Fsp3) is 0.500. The van der Waals surface area contributed by atoms with Gasteiger partial charge in [0.25, 0.3) is 5.91 Å². The zero-order valence-electron chi connectivity index (χ0n) is 15.8. The summed E-state index contributed by atoms with van der Waals surface area (Å²) in [7, 11) is 0. The largest absolute Gasteiger partial charge is 0.336 e. The average molecular weight is 358 g/mol. The predicted molar refractivity (Wildman–Crippen MR) is 100 cm³/mol. The van der Waals surface area contributed by atoms with Gasteiger partial charge in [0.2, 0.25) is 0 Å². The van der Waals surface area contributed by atoms with Gasteiger partial charge in [0.1, 0.15) is 5.82 Å². The molecule has 3 rings (SSSR count). The van der Waals surface area contributed by atoms with Crippen LogP contribution in [0.3, 0.4) is 0 Å². The number of halogens is 1. The first-order valence-corrected chi connectivity index (χ1v) is 9.34. The van der Waals surface area contributed by atoms with Crippen LogP contribution in [-0.2, 0) is 6.42 Å². The summed E-state index contributed by atoms with van der Waals surface area (Å²) in [6, 6.07) is 6.18. The van der Waals surface area contributed by atoms with Crippen molar-refractivity contribution in [3.05, 3.63) is 47.5 Å². The average Bonchev–Trinajstić information content (AvgIpc) is 3.06. The van der Waals surface area contributed by atoms with E-state index in [0.29, 0.717) is 17.9 Å². The highest BCUT2D eigenvalue weighted by Crippen LogP contribution is 2.19. The molecule has 0 N–H and O–H groups in total. The highest BCUT2D eigenvalue weighted by atomic mass is 19.1. The summed E-state index contributed by atoms with van der Waals surface area (Å²) < 4.78 is 14.9. The maximum atomic E-state index is 13.2. The van der Waals surface area contributed by atoms with E-state index in [1.54, 1.807) is 23.0 Å². The molecule has 5 nitrogen and oxygen atoms in total. The molecule has 0 saturated carbocycles. The molecule has 0 bridgehead atoms. The van der Waals surface area contributed by atoms with Gasteiger partial charge < -0.3 is 4.90 Å². The van der Waals surface area contributed by atoms with Crippen LogP contribution in [0.2, 0.25) is 0 Å². The SMILES string of the molecule is CCc1c(C(=O)N2CCN(CC(C)C)CC2)cnn1-c1ccc(F)cc1. The van der Waals surface area contributed by atoms with E-state index < -0.39 is 0 Å². The molecule has 0 unspecified atom stereocenters. The second-order valence-corrected chi connectivity index (χ2v) is 7.23. The van der Waals surface area contributed by atoms with Gasteiger partial charge in [0.05, 0.1) is 23.1 Å². The summed E-state index contributed by atoms with van der Waals surface area (Å²) >= 11 is 0. The van der Waals surface area contributed by atoms with Crippen LogP contribution in [0.5, 0.6) is 0 Å². The number of amides is 1. The molecule has 2 aromatic rings. The van der Waals surface area contributed by atoms with Gasteiger partial charge in [-0.15, -0.1) is 0 Å². The lowest BCUT2D eigenvalue weighted by molar-refractivity contribution is 0.0622. The first kappa shape index (κ1) is 18.6. The predicted octanol–water partition coefficient (Wildman–Crippen LogP) is 2.99. The Morgan fingerprint density at radius 2 is 1.81 bits per heavy atom. The topological polar surface area (TPSA) is 41.4 Å². The molecule has 0 spiro atoms. The Hall–Kier alpha value is -2.21. The Morgan fingerprint density at radius 3 is 2.38 bits per heavy atom. The van der Waals surface area contributed by atoms with Crippen LogP contribution in [0.15, 0.2) is 30.5 Å². The summed E-state index contributed by atoms with van der Waals surface area (Å²) in [4.78, 5) is 17.3. The molecule has 0 radical (unpaired) electrons. The minimum Gasteiger partial charge on any atom is -0.336 e. The molecule has 1 saturated heterocycles. The van der Waals surface area contributed by atoms with Gasteiger partial charge >= 0.3 is 0 Å². The Bertz CT molecular complexity index is 746. The molecule has 26 heavy (non-hydrogen) atoms. The molecular weight excluding hydrogens is 331 g/mol. The molecule has 140 valence electrons. The van der Waals surface area contributed by atoms with Gasteiger partial charge in [-0.2, -0.15) is 5.10 Å². The van der Waals surface area contributed by atoms with Crippen LogP contribution in [0, 0.1) is 11.7 Å². The number of hydrogen-bond acceptors (Lipinski definition) is 3. The molecule has 2 heterocycles. The van der Waals surface area contributed by atoms with Gasteiger partial charge in [-0.25, -0.2) is 9.07 Å². The zero-order valence-corrected chi connectivity index (χ0v) is 15.8. The third kappa shape index (κ3) is 3.96. The first-order chi connectivity index (χ1) is 12.5. The van der Waals surface area contributed by atoms with Crippen LogP contribution in [0.1, 0.15) is 36.8 Å². The molecule has 1 aliphatic heterocycles. The van der Waals surface area contributed by atoms with E-state index in [2.05, 4.69) is 23.8 Å². The first-order valence-electron chi connectivity index (χ1n) is 9.34. The molecule has 0 atom stereocenters. The number of rotatable bonds is 5. The molecule has 1 amide bonds. The summed E-state index contributed by atoms with van der Waals surface area (Å²) in [5.74, 6) is 0.395. The van der Waals surface area contributed by atoms with Crippen molar-refractivity contribution >= 4 is 5.91 Å². The smallest absolute Gasteiger partial charge is 0.257 e. The highest BCUT2D eigenvalue weighted by molar-refractivity contribution is 5.95. The van der Waals surface area contributed by atoms with E-state index in [-0.39, 0.29) is 11.7 Å². The van der Waals surface area contributed by atoms with E-state index in [0.717, 1.165) is 44.1 Å². The fourth-order valence-corrected chi connectivity index (χ4v) is 3.52. The lowest BCUT2D eigenvalue weighted by Gasteiger charge is -2.35. The van der Waals surface area contributed by atoms with Crippen molar-refractivity contribution in [2.75, 3.05) is 32.7 Å². The third-order valence-electron chi connectivity index (χ3n) is 4.79. The van der Waals surface area contributed by atoms with Gasteiger partial charge in [0.15, 0.2) is 0 Å². The van der Waals surface area contributed by atoms with Gasteiger partial charge in [0, 0.05) is 32.7 Å². The summed E-state index contributed by atoms with van der Waals surface area (Å²) in [6.07, 6.45) is 2.33. The molecule has 1 aromatic carbocycles. The number of hydrogen-bond donors (Lipinski definition) is 0. The van der Waals surface area contributed by atoms with Gasteiger partial charge in [-0.05, 0) is 36.6 Å². The highest BCUT2D eigenvalue weighted by Gasteiger charge is 2.26. The van der Waals surface area contributed by atoms with E-state index in [1.807, 2.05) is 11.8 Å². The summed E-state index contributed by atoms with van der Waals surface area (Å²) in [5, 5.41) is 4.39. The number of carbonyl (C=O) groups excluding carboxylic acids is 1. The molecule has 1 aromatic heterocycles. The van der Waals surface area contributed by atoms with Crippen LogP contribution in [0.25, 0.3) is 5.69 Å². The Labute approximate surface area is 154 Å². The second kappa shape index (κ2) is 7.99. The van der Waals surface area contributed by atoms with Crippen LogP contribution in [0.4, 0.5) is 4.39 Å². The molecule has 1 aliphatic rings. The van der Waals surface area contributed by atoms with Crippen LogP contribution >= 0.6 is 0 Å². The Kier molecular flexibility index (Phi) is 5.71. The van der Waals surface area contributed by atoms with Crippen molar-refractivity contribution in [1.82, 2.24) is 19.6 Å². The van der Waals surface area contributed by atoms with Gasteiger partial charge in [-0.1, -0.05) is 20.8 Å². The van der Waals surface area contributed by atoms with Gasteiger partial charge in [-0.3, -0.25) is 9.69 Å². The molecule has 6 heteroatoms.